The molecule has 3 rings (SSSR count). The second-order valence-corrected chi connectivity index (χ2v) is 10.0. The first-order valence-electron chi connectivity index (χ1n) is 12.4. The highest BCUT2D eigenvalue weighted by molar-refractivity contribution is 6.36. The number of amides is 2. The Labute approximate surface area is 224 Å². The number of aryl methyl sites for hydroxylation is 1. The maximum absolute atomic E-state index is 13.7. The van der Waals surface area contributed by atoms with Crippen LogP contribution in [-0.2, 0) is 29.0 Å². The van der Waals surface area contributed by atoms with Gasteiger partial charge in [-0.15, -0.1) is 0 Å². The number of carbonyl (C=O) groups excluding carboxylic acids is 2. The van der Waals surface area contributed by atoms with Crippen molar-refractivity contribution in [2.75, 3.05) is 6.54 Å². The molecule has 4 nitrogen and oxygen atoms in total. The van der Waals surface area contributed by atoms with Crippen LogP contribution in [0.4, 0.5) is 0 Å². The largest absolute Gasteiger partial charge is 0.355 e. The summed E-state index contributed by atoms with van der Waals surface area (Å²) in [6, 6.07) is 22.7. The van der Waals surface area contributed by atoms with Crippen LogP contribution in [-0.4, -0.2) is 29.3 Å². The average Bonchev–Trinajstić information content (AvgIpc) is 2.87. The van der Waals surface area contributed by atoms with E-state index in [0.717, 1.165) is 11.1 Å². The van der Waals surface area contributed by atoms with Crippen LogP contribution in [0.3, 0.4) is 0 Å². The Hall–Kier alpha value is -2.82. The Bertz CT molecular complexity index is 1130. The normalized spacial score (nSPS) is 11.8. The maximum Gasteiger partial charge on any atom is 0.243 e. The van der Waals surface area contributed by atoms with Gasteiger partial charge >= 0.3 is 0 Å². The quantitative estimate of drug-likeness (QED) is 0.299. The number of carbonyl (C=O) groups is 2. The zero-order valence-electron chi connectivity index (χ0n) is 21.1. The third-order valence-corrected chi connectivity index (χ3v) is 6.99. The molecule has 190 valence electrons. The van der Waals surface area contributed by atoms with E-state index < -0.39 is 6.04 Å². The topological polar surface area (TPSA) is 49.4 Å². The standard InChI is InChI=1S/C30H34Cl2N2O2/c1-4-33-30(36)28(19-23-9-6-5-7-10-23)34(20-25-26(31)11-8-12-27(25)32)29(35)18-15-22-13-16-24(17-14-22)21(2)3/h5-14,16-17,21,28H,4,15,18-20H2,1-3H3,(H,33,36)/t28-/m0/s1. The first kappa shape index (κ1) is 27.8. The molecule has 36 heavy (non-hydrogen) atoms. The van der Waals surface area contributed by atoms with Gasteiger partial charge in [-0.1, -0.05) is 97.7 Å². The van der Waals surface area contributed by atoms with Crippen molar-refractivity contribution >= 4 is 35.0 Å². The lowest BCUT2D eigenvalue weighted by molar-refractivity contribution is -0.141. The molecule has 1 atom stereocenters. The summed E-state index contributed by atoms with van der Waals surface area (Å²) in [7, 11) is 0. The van der Waals surface area contributed by atoms with Crippen LogP contribution in [0, 0.1) is 0 Å². The van der Waals surface area contributed by atoms with Crippen LogP contribution in [0.1, 0.15) is 55.4 Å². The average molecular weight is 526 g/mol. The summed E-state index contributed by atoms with van der Waals surface area (Å²) in [4.78, 5) is 28.6. The molecule has 0 heterocycles. The summed E-state index contributed by atoms with van der Waals surface area (Å²) in [6.45, 7) is 6.81. The summed E-state index contributed by atoms with van der Waals surface area (Å²) in [5, 5.41) is 3.85. The van der Waals surface area contributed by atoms with Crippen LogP contribution < -0.4 is 5.32 Å². The molecule has 0 aliphatic heterocycles. The lowest BCUT2D eigenvalue weighted by atomic mass is 9.99. The van der Waals surface area contributed by atoms with Gasteiger partial charge in [0.1, 0.15) is 6.04 Å². The van der Waals surface area contributed by atoms with Gasteiger partial charge in [0.05, 0.1) is 0 Å². The van der Waals surface area contributed by atoms with Gasteiger partial charge in [0.2, 0.25) is 11.8 Å². The molecule has 6 heteroatoms. The molecule has 0 fully saturated rings. The third-order valence-electron chi connectivity index (χ3n) is 6.29. The van der Waals surface area contributed by atoms with Crippen molar-refractivity contribution in [3.8, 4) is 0 Å². The van der Waals surface area contributed by atoms with Gasteiger partial charge in [-0.05, 0) is 48.1 Å². The van der Waals surface area contributed by atoms with Crippen LogP contribution in [0.5, 0.6) is 0 Å². The first-order valence-corrected chi connectivity index (χ1v) is 13.2. The Balaban J connectivity index is 1.90. The van der Waals surface area contributed by atoms with Crippen LogP contribution in [0.2, 0.25) is 10.0 Å². The van der Waals surface area contributed by atoms with Crippen molar-refractivity contribution in [3.05, 3.63) is 105 Å². The van der Waals surface area contributed by atoms with E-state index in [-0.39, 0.29) is 24.8 Å². The molecule has 0 saturated carbocycles. The number of halogens is 2. The fraction of sp³-hybridized carbons (Fsp3) is 0.333. The first-order chi connectivity index (χ1) is 17.3. The van der Waals surface area contributed by atoms with E-state index in [2.05, 4.69) is 43.4 Å². The highest BCUT2D eigenvalue weighted by Crippen LogP contribution is 2.28. The van der Waals surface area contributed by atoms with E-state index in [1.165, 1.54) is 5.56 Å². The molecule has 2 amide bonds. The second-order valence-electron chi connectivity index (χ2n) is 9.22. The van der Waals surface area contributed by atoms with Gasteiger partial charge in [0, 0.05) is 41.5 Å². The van der Waals surface area contributed by atoms with Gasteiger partial charge in [0.25, 0.3) is 0 Å². The predicted octanol–water partition coefficient (Wildman–Crippen LogP) is 6.83. The van der Waals surface area contributed by atoms with Gasteiger partial charge in [-0.3, -0.25) is 9.59 Å². The Morgan fingerprint density at radius 1 is 0.861 bits per heavy atom. The molecule has 0 saturated heterocycles. The Morgan fingerprint density at radius 2 is 1.50 bits per heavy atom. The van der Waals surface area contributed by atoms with Crippen molar-refractivity contribution in [3.63, 3.8) is 0 Å². The zero-order chi connectivity index (χ0) is 26.1. The zero-order valence-corrected chi connectivity index (χ0v) is 22.6. The molecule has 3 aromatic rings. The summed E-state index contributed by atoms with van der Waals surface area (Å²) in [5.74, 6) is 0.137. The SMILES string of the molecule is CCNC(=O)[C@H](Cc1ccccc1)N(Cc1c(Cl)cccc1Cl)C(=O)CCc1ccc(C(C)C)cc1. The third kappa shape index (κ3) is 7.59. The van der Waals surface area contributed by atoms with Gasteiger partial charge in [-0.2, -0.15) is 0 Å². The van der Waals surface area contributed by atoms with E-state index in [9.17, 15) is 9.59 Å². The lowest BCUT2D eigenvalue weighted by Gasteiger charge is -2.32. The molecule has 0 aliphatic rings. The van der Waals surface area contributed by atoms with Crippen molar-refractivity contribution in [2.45, 2.75) is 58.5 Å². The number of hydrogen-bond acceptors (Lipinski definition) is 2. The van der Waals surface area contributed by atoms with Crippen molar-refractivity contribution in [1.82, 2.24) is 10.2 Å². The molecular formula is C30H34Cl2N2O2. The molecule has 1 N–H and O–H groups in total. The summed E-state index contributed by atoms with van der Waals surface area (Å²) in [6.07, 6.45) is 1.24. The van der Waals surface area contributed by atoms with Gasteiger partial charge in [0.15, 0.2) is 0 Å². The molecule has 3 aromatic carbocycles. The fourth-order valence-corrected chi connectivity index (χ4v) is 4.68. The Kier molecular flexibility index (Phi) is 10.4. The minimum atomic E-state index is -0.699. The minimum Gasteiger partial charge on any atom is -0.355 e. The van der Waals surface area contributed by atoms with Crippen molar-refractivity contribution in [2.24, 2.45) is 0 Å². The van der Waals surface area contributed by atoms with Crippen molar-refractivity contribution < 1.29 is 9.59 Å². The summed E-state index contributed by atoms with van der Waals surface area (Å²) >= 11 is 12.9. The fourth-order valence-electron chi connectivity index (χ4n) is 4.16. The van der Waals surface area contributed by atoms with Crippen LogP contribution in [0.25, 0.3) is 0 Å². The smallest absolute Gasteiger partial charge is 0.243 e. The van der Waals surface area contributed by atoms with E-state index in [1.54, 1.807) is 23.1 Å². The highest BCUT2D eigenvalue weighted by atomic mass is 35.5. The number of likely N-dealkylation sites (N-methyl/N-ethyl adjacent to an activating group) is 1. The van der Waals surface area contributed by atoms with Gasteiger partial charge in [-0.25, -0.2) is 0 Å². The molecule has 0 aromatic heterocycles. The van der Waals surface area contributed by atoms with Crippen LogP contribution in [0.15, 0.2) is 72.8 Å². The summed E-state index contributed by atoms with van der Waals surface area (Å²) in [5.41, 5.74) is 3.96. The number of rotatable bonds is 11. The number of nitrogens with zero attached hydrogens (tertiary/aromatic N) is 1. The number of nitrogens with one attached hydrogen (secondary N) is 1. The lowest BCUT2D eigenvalue weighted by Crippen LogP contribution is -2.50. The van der Waals surface area contributed by atoms with E-state index in [4.69, 9.17) is 23.2 Å². The second kappa shape index (κ2) is 13.5. The number of hydrogen-bond donors (Lipinski definition) is 1. The molecule has 0 spiro atoms. The molecule has 0 bridgehead atoms. The van der Waals surface area contributed by atoms with Gasteiger partial charge < -0.3 is 10.2 Å². The predicted molar refractivity (Wildman–Crippen MR) is 148 cm³/mol. The molecule has 0 unspecified atom stereocenters. The highest BCUT2D eigenvalue weighted by Gasteiger charge is 2.30. The summed E-state index contributed by atoms with van der Waals surface area (Å²) < 4.78 is 0. The molecular weight excluding hydrogens is 491 g/mol. The van der Waals surface area contributed by atoms with E-state index in [1.807, 2.05) is 37.3 Å². The number of benzene rings is 3. The van der Waals surface area contributed by atoms with E-state index in [0.29, 0.717) is 40.9 Å². The molecule has 0 radical (unpaired) electrons. The Morgan fingerprint density at radius 3 is 2.08 bits per heavy atom. The maximum atomic E-state index is 13.7. The van der Waals surface area contributed by atoms with Crippen LogP contribution >= 0.6 is 23.2 Å². The molecule has 0 aliphatic carbocycles. The monoisotopic (exact) mass is 524 g/mol. The van der Waals surface area contributed by atoms with E-state index >= 15 is 0 Å². The van der Waals surface area contributed by atoms with Crippen molar-refractivity contribution in [1.29, 1.82) is 0 Å². The minimum absolute atomic E-state index is 0.119.